The molecule has 0 heterocycles. The summed E-state index contributed by atoms with van der Waals surface area (Å²) in [6, 6.07) is 14.3. The van der Waals surface area contributed by atoms with E-state index in [1.807, 2.05) is 27.9 Å². The van der Waals surface area contributed by atoms with Crippen molar-refractivity contribution in [1.82, 2.24) is 14.9 Å². The van der Waals surface area contributed by atoms with Crippen LogP contribution in [-0.2, 0) is 16.4 Å². The summed E-state index contributed by atoms with van der Waals surface area (Å²) in [5.74, 6) is -0.231. The lowest BCUT2D eigenvalue weighted by Gasteiger charge is -2.25. The molecule has 0 aromatic heterocycles. The second kappa shape index (κ2) is 10.7. The van der Waals surface area contributed by atoms with Gasteiger partial charge in [0.25, 0.3) is 5.91 Å². The van der Waals surface area contributed by atoms with Gasteiger partial charge in [-0.05, 0) is 69.3 Å². The molecule has 1 amide bonds. The molecule has 2 N–H and O–H groups in total. The SMILES string of the molecule is CCc1ccc(C(CNC(=O)c2ccc(S(=O)(=O)NC(C)CC)cc2)N(C)C)cc1. The number of rotatable bonds is 10. The summed E-state index contributed by atoms with van der Waals surface area (Å²) in [5.41, 5.74) is 2.84. The van der Waals surface area contributed by atoms with Crippen LogP contribution in [-0.4, -0.2) is 45.9 Å². The Bertz CT molecular complexity index is 923. The number of aryl methyl sites for hydroxylation is 1. The second-order valence-electron chi connectivity index (χ2n) is 7.74. The molecule has 164 valence electrons. The van der Waals surface area contributed by atoms with E-state index in [0.29, 0.717) is 18.5 Å². The second-order valence-corrected chi connectivity index (χ2v) is 9.45. The van der Waals surface area contributed by atoms with Crippen molar-refractivity contribution in [2.75, 3.05) is 20.6 Å². The van der Waals surface area contributed by atoms with Crippen LogP contribution in [0.1, 0.15) is 54.7 Å². The van der Waals surface area contributed by atoms with Gasteiger partial charge >= 0.3 is 0 Å². The van der Waals surface area contributed by atoms with Crippen molar-refractivity contribution in [1.29, 1.82) is 0 Å². The molecule has 0 radical (unpaired) electrons. The van der Waals surface area contributed by atoms with E-state index in [-0.39, 0.29) is 22.9 Å². The molecule has 0 saturated carbocycles. The summed E-state index contributed by atoms with van der Waals surface area (Å²) >= 11 is 0. The van der Waals surface area contributed by atoms with Crippen LogP contribution in [0.5, 0.6) is 0 Å². The molecule has 0 aliphatic heterocycles. The number of carbonyl (C=O) groups is 1. The molecule has 0 spiro atoms. The van der Waals surface area contributed by atoms with E-state index in [2.05, 4.69) is 46.1 Å². The molecule has 0 saturated heterocycles. The molecule has 6 nitrogen and oxygen atoms in total. The van der Waals surface area contributed by atoms with Crippen LogP contribution in [0.4, 0.5) is 0 Å². The monoisotopic (exact) mass is 431 g/mol. The maximum absolute atomic E-state index is 12.6. The topological polar surface area (TPSA) is 78.5 Å². The van der Waals surface area contributed by atoms with Gasteiger partial charge in [0.1, 0.15) is 0 Å². The maximum Gasteiger partial charge on any atom is 0.251 e. The van der Waals surface area contributed by atoms with Crippen molar-refractivity contribution < 1.29 is 13.2 Å². The first kappa shape index (κ1) is 24.1. The van der Waals surface area contributed by atoms with Crippen LogP contribution >= 0.6 is 0 Å². The Morgan fingerprint density at radius 1 is 1.00 bits per heavy atom. The normalized spacial score (nSPS) is 13.8. The van der Waals surface area contributed by atoms with Crippen molar-refractivity contribution in [3.8, 4) is 0 Å². The molecule has 30 heavy (non-hydrogen) atoms. The first-order valence-corrected chi connectivity index (χ1v) is 11.8. The van der Waals surface area contributed by atoms with Gasteiger partial charge < -0.3 is 10.2 Å². The number of likely N-dealkylation sites (N-methyl/N-ethyl adjacent to an activating group) is 1. The average molecular weight is 432 g/mol. The van der Waals surface area contributed by atoms with Gasteiger partial charge in [-0.25, -0.2) is 13.1 Å². The molecule has 7 heteroatoms. The molecule has 2 aromatic carbocycles. The summed E-state index contributed by atoms with van der Waals surface area (Å²) in [5, 5.41) is 2.96. The van der Waals surface area contributed by atoms with Crippen LogP contribution in [0.2, 0.25) is 0 Å². The smallest absolute Gasteiger partial charge is 0.251 e. The van der Waals surface area contributed by atoms with Crippen molar-refractivity contribution in [2.24, 2.45) is 0 Å². The van der Waals surface area contributed by atoms with E-state index in [9.17, 15) is 13.2 Å². The molecule has 2 aromatic rings. The minimum atomic E-state index is -3.58. The Labute approximate surface area is 180 Å². The first-order chi connectivity index (χ1) is 14.2. The molecule has 2 atom stereocenters. The molecule has 0 fully saturated rings. The third kappa shape index (κ3) is 6.39. The molecular formula is C23H33N3O3S. The third-order valence-electron chi connectivity index (χ3n) is 5.25. The number of sulfonamides is 1. The van der Waals surface area contributed by atoms with Gasteiger partial charge in [0.05, 0.1) is 10.9 Å². The maximum atomic E-state index is 12.6. The van der Waals surface area contributed by atoms with Crippen LogP contribution in [0.3, 0.4) is 0 Å². The Morgan fingerprint density at radius 3 is 2.10 bits per heavy atom. The first-order valence-electron chi connectivity index (χ1n) is 10.3. The highest BCUT2D eigenvalue weighted by Crippen LogP contribution is 2.19. The zero-order chi connectivity index (χ0) is 22.3. The molecule has 2 unspecified atom stereocenters. The minimum Gasteiger partial charge on any atom is -0.350 e. The van der Waals surface area contributed by atoms with Crippen molar-refractivity contribution >= 4 is 15.9 Å². The zero-order valence-corrected chi connectivity index (χ0v) is 19.3. The van der Waals surface area contributed by atoms with E-state index < -0.39 is 10.0 Å². The van der Waals surface area contributed by atoms with E-state index in [0.717, 1.165) is 12.0 Å². The van der Waals surface area contributed by atoms with Crippen LogP contribution in [0.25, 0.3) is 0 Å². The number of benzene rings is 2. The predicted octanol–water partition coefficient (Wildman–Crippen LogP) is 3.36. The quantitative estimate of drug-likeness (QED) is 0.605. The number of carbonyl (C=O) groups excluding carboxylic acids is 1. The lowest BCUT2D eigenvalue weighted by atomic mass is 10.0. The Kier molecular flexibility index (Phi) is 8.58. The summed E-state index contributed by atoms with van der Waals surface area (Å²) in [4.78, 5) is 14.8. The van der Waals surface area contributed by atoms with E-state index in [1.165, 1.54) is 17.7 Å². The van der Waals surface area contributed by atoms with Crippen molar-refractivity contribution in [3.05, 3.63) is 65.2 Å². The highest BCUT2D eigenvalue weighted by Gasteiger charge is 2.18. The Balaban J connectivity index is 2.05. The standard InChI is InChI=1S/C23H33N3O3S/c1-6-17(3)25-30(28,29)21-14-12-20(13-15-21)23(27)24-16-22(26(4)5)19-10-8-18(7-2)9-11-19/h8-15,17,22,25H,6-7,16H2,1-5H3,(H,24,27). The molecule has 2 rings (SSSR count). The zero-order valence-electron chi connectivity index (χ0n) is 18.5. The fourth-order valence-corrected chi connectivity index (χ4v) is 4.39. The lowest BCUT2D eigenvalue weighted by molar-refractivity contribution is 0.0942. The number of amides is 1. The molecule has 0 aliphatic rings. The fraction of sp³-hybridized carbons (Fsp3) is 0.435. The third-order valence-corrected chi connectivity index (χ3v) is 6.85. The number of nitrogens with one attached hydrogen (secondary N) is 2. The van der Waals surface area contributed by atoms with Crippen molar-refractivity contribution in [2.45, 2.75) is 50.6 Å². The number of hydrogen-bond donors (Lipinski definition) is 2. The fourth-order valence-electron chi connectivity index (χ4n) is 3.07. The summed E-state index contributed by atoms with van der Waals surface area (Å²) in [6.45, 7) is 6.30. The average Bonchev–Trinajstić information content (AvgIpc) is 2.73. The van der Waals surface area contributed by atoms with Gasteiger partial charge in [0, 0.05) is 18.2 Å². The van der Waals surface area contributed by atoms with Gasteiger partial charge in [-0.15, -0.1) is 0 Å². The van der Waals surface area contributed by atoms with Gasteiger partial charge in [-0.2, -0.15) is 0 Å². The summed E-state index contributed by atoms with van der Waals surface area (Å²) in [7, 11) is 0.380. The number of hydrogen-bond acceptors (Lipinski definition) is 4. The Morgan fingerprint density at radius 2 is 1.60 bits per heavy atom. The van der Waals surface area contributed by atoms with Gasteiger partial charge in [-0.1, -0.05) is 38.1 Å². The van der Waals surface area contributed by atoms with Gasteiger partial charge in [0.15, 0.2) is 0 Å². The predicted molar refractivity (Wildman–Crippen MR) is 121 cm³/mol. The highest BCUT2D eigenvalue weighted by atomic mass is 32.2. The van der Waals surface area contributed by atoms with E-state index >= 15 is 0 Å². The lowest BCUT2D eigenvalue weighted by Crippen LogP contribution is -2.34. The Hall–Kier alpha value is -2.22. The molecular weight excluding hydrogens is 398 g/mol. The minimum absolute atomic E-state index is 0.0410. The molecule has 0 bridgehead atoms. The summed E-state index contributed by atoms with van der Waals surface area (Å²) < 4.78 is 27.3. The van der Waals surface area contributed by atoms with Crippen LogP contribution < -0.4 is 10.0 Å². The number of nitrogens with zero attached hydrogens (tertiary/aromatic N) is 1. The van der Waals surface area contributed by atoms with Crippen LogP contribution in [0.15, 0.2) is 53.4 Å². The van der Waals surface area contributed by atoms with Gasteiger partial charge in [-0.3, -0.25) is 4.79 Å². The van der Waals surface area contributed by atoms with Crippen molar-refractivity contribution in [3.63, 3.8) is 0 Å². The largest absolute Gasteiger partial charge is 0.350 e. The highest BCUT2D eigenvalue weighted by molar-refractivity contribution is 7.89. The van der Waals surface area contributed by atoms with E-state index in [4.69, 9.17) is 0 Å². The van der Waals surface area contributed by atoms with E-state index in [1.54, 1.807) is 12.1 Å². The summed E-state index contributed by atoms with van der Waals surface area (Å²) in [6.07, 6.45) is 1.69. The molecule has 0 aliphatic carbocycles. The van der Waals surface area contributed by atoms with Crippen LogP contribution in [0, 0.1) is 0 Å². The van der Waals surface area contributed by atoms with Gasteiger partial charge in [0.2, 0.25) is 10.0 Å².